The Balaban J connectivity index is 2.93. The van der Waals surface area contributed by atoms with Crippen molar-refractivity contribution in [3.05, 3.63) is 12.7 Å². The van der Waals surface area contributed by atoms with Gasteiger partial charge in [0.05, 0.1) is 0 Å². The van der Waals surface area contributed by atoms with Crippen LogP contribution in [0.5, 0.6) is 0 Å². The van der Waals surface area contributed by atoms with Crippen LogP contribution in [0.15, 0.2) is 12.7 Å². The third-order valence-electron chi connectivity index (χ3n) is 0.627. The van der Waals surface area contributed by atoms with Crippen molar-refractivity contribution in [2.75, 3.05) is 6.61 Å². The maximum atomic E-state index is 5.07. The molecular formula is C6H10CrO. The van der Waals surface area contributed by atoms with Crippen molar-refractivity contribution in [3.8, 4) is 0 Å². The van der Waals surface area contributed by atoms with Gasteiger partial charge < -0.3 is 0 Å². The van der Waals surface area contributed by atoms with Crippen LogP contribution in [0.2, 0.25) is 0 Å². The second kappa shape index (κ2) is 5.24. The van der Waals surface area contributed by atoms with E-state index in [1.807, 2.05) is 13.0 Å². The molecule has 0 saturated heterocycles. The van der Waals surface area contributed by atoms with Crippen LogP contribution in [-0.2, 0) is 20.6 Å². The molecule has 0 N–H and O–H groups in total. The van der Waals surface area contributed by atoms with E-state index in [0.29, 0.717) is 0 Å². The second-order valence-electron chi connectivity index (χ2n) is 1.42. The number of hydrogen-bond acceptors (Lipinski definition) is 1. The van der Waals surface area contributed by atoms with Crippen LogP contribution in [-0.4, -0.2) is 11.2 Å². The van der Waals surface area contributed by atoms with Gasteiger partial charge >= 0.3 is 57.8 Å². The molecule has 0 aromatic carbocycles. The molecular weight excluding hydrogens is 140 g/mol. The van der Waals surface area contributed by atoms with Crippen molar-refractivity contribution in [2.45, 2.75) is 13.3 Å². The summed E-state index contributed by atoms with van der Waals surface area (Å²) in [6, 6.07) is 0. The van der Waals surface area contributed by atoms with E-state index in [4.69, 9.17) is 4.74 Å². The monoisotopic (exact) mass is 150 g/mol. The van der Waals surface area contributed by atoms with E-state index < -0.39 is 0 Å². The van der Waals surface area contributed by atoms with Crippen molar-refractivity contribution in [1.29, 1.82) is 0 Å². The van der Waals surface area contributed by atoms with Crippen LogP contribution in [0.3, 0.4) is 0 Å². The van der Waals surface area contributed by atoms with E-state index in [-0.39, 0.29) is 0 Å². The van der Waals surface area contributed by atoms with Gasteiger partial charge in [-0.3, -0.25) is 0 Å². The van der Waals surface area contributed by atoms with Crippen molar-refractivity contribution in [3.63, 3.8) is 0 Å². The molecule has 1 nitrogen and oxygen atoms in total. The predicted molar refractivity (Wildman–Crippen MR) is 31.4 cm³/mol. The van der Waals surface area contributed by atoms with Gasteiger partial charge in [-0.15, -0.1) is 0 Å². The summed E-state index contributed by atoms with van der Waals surface area (Å²) in [4.78, 5) is 0. The van der Waals surface area contributed by atoms with E-state index in [9.17, 15) is 0 Å². The Hall–Kier alpha value is 0.102. The Labute approximate surface area is 58.3 Å². The van der Waals surface area contributed by atoms with Crippen LogP contribution in [0.4, 0.5) is 0 Å². The first kappa shape index (κ1) is 8.10. The second-order valence-corrected chi connectivity index (χ2v) is 2.32. The molecule has 0 amide bonds. The molecule has 0 heterocycles. The van der Waals surface area contributed by atoms with Crippen molar-refractivity contribution >= 4 is 4.57 Å². The molecule has 0 aromatic heterocycles. The average molecular weight is 150 g/mol. The number of ether oxygens (including phenoxy) is 1. The van der Waals surface area contributed by atoms with E-state index >= 15 is 0 Å². The van der Waals surface area contributed by atoms with Gasteiger partial charge in [-0.2, -0.15) is 0 Å². The van der Waals surface area contributed by atoms with Crippen molar-refractivity contribution in [1.82, 2.24) is 0 Å². The summed E-state index contributed by atoms with van der Waals surface area (Å²) < 4.78 is 5.97. The molecule has 0 spiro atoms. The molecule has 8 heavy (non-hydrogen) atoms. The fourth-order valence-corrected chi connectivity index (χ4v) is 0.416. The van der Waals surface area contributed by atoms with Crippen molar-refractivity contribution < 1.29 is 20.6 Å². The fraction of sp³-hybridized carbons (Fsp3) is 0.500. The Bertz CT molecular complexity index is 88.5. The molecule has 0 saturated carbocycles. The third kappa shape index (κ3) is 6.10. The predicted octanol–water partition coefficient (Wildman–Crippen LogP) is 1.28. The van der Waals surface area contributed by atoms with Crippen LogP contribution in [0.1, 0.15) is 13.3 Å². The van der Waals surface area contributed by atoms with Crippen LogP contribution in [0, 0.1) is 0 Å². The minimum absolute atomic E-state index is 0.738. The molecule has 0 unspecified atom stereocenters. The van der Waals surface area contributed by atoms with Crippen molar-refractivity contribution in [2.24, 2.45) is 0 Å². The fourth-order valence-electron chi connectivity index (χ4n) is 0.286. The molecule has 0 rings (SSSR count). The third-order valence-corrected chi connectivity index (χ3v) is 0.811. The van der Waals surface area contributed by atoms with E-state index in [2.05, 4.69) is 22.4 Å². The average Bonchev–Trinajstić information content (AvgIpc) is 1.66. The zero-order chi connectivity index (χ0) is 6.41. The molecule has 0 atom stereocenters. The molecule has 0 fully saturated rings. The summed E-state index contributed by atoms with van der Waals surface area (Å²) in [6.07, 6.45) is 2.75. The van der Waals surface area contributed by atoms with Gasteiger partial charge in [-0.05, 0) is 0 Å². The summed E-state index contributed by atoms with van der Waals surface area (Å²) in [7, 11) is 0. The van der Waals surface area contributed by atoms with Crippen LogP contribution < -0.4 is 0 Å². The topological polar surface area (TPSA) is 9.23 Å². The van der Waals surface area contributed by atoms with Gasteiger partial charge in [0.15, 0.2) is 0 Å². The quantitative estimate of drug-likeness (QED) is 0.433. The SMILES string of the molecule is C=CCCO[C](C)=[Cr]. The summed E-state index contributed by atoms with van der Waals surface area (Å²) in [5, 5.41) is 0. The van der Waals surface area contributed by atoms with Gasteiger partial charge in [-0.1, -0.05) is 0 Å². The maximum absolute atomic E-state index is 5.07. The minimum atomic E-state index is 0.738. The Morgan fingerprint density at radius 1 is 1.88 bits per heavy atom. The first-order valence-corrected chi connectivity index (χ1v) is 3.15. The van der Waals surface area contributed by atoms with Crippen LogP contribution >= 0.6 is 0 Å². The Morgan fingerprint density at radius 2 is 2.50 bits per heavy atom. The van der Waals surface area contributed by atoms with Gasteiger partial charge in [0.2, 0.25) is 0 Å². The summed E-state index contributed by atoms with van der Waals surface area (Å²) in [5.74, 6) is 0. The molecule has 0 aromatic rings. The summed E-state index contributed by atoms with van der Waals surface area (Å²) >= 11 is 2.76. The van der Waals surface area contributed by atoms with Gasteiger partial charge in [0.25, 0.3) is 0 Å². The molecule has 0 aliphatic carbocycles. The summed E-state index contributed by atoms with van der Waals surface area (Å²) in [6.45, 7) is 6.19. The van der Waals surface area contributed by atoms with Crippen LogP contribution in [0.25, 0.3) is 0 Å². The first-order valence-electron chi connectivity index (χ1n) is 2.51. The molecule has 0 radical (unpaired) electrons. The number of hydrogen-bond donors (Lipinski definition) is 0. The van der Waals surface area contributed by atoms with E-state index in [1.165, 1.54) is 0 Å². The normalized spacial score (nSPS) is 8.62. The Kier molecular flexibility index (Phi) is 5.31. The van der Waals surface area contributed by atoms with E-state index in [1.54, 1.807) is 0 Å². The zero-order valence-corrected chi connectivity index (χ0v) is 6.29. The molecule has 0 aliphatic heterocycles. The molecule has 0 aliphatic rings. The summed E-state index contributed by atoms with van der Waals surface area (Å²) in [5.41, 5.74) is 0. The molecule has 2 heteroatoms. The first-order chi connectivity index (χ1) is 3.77. The van der Waals surface area contributed by atoms with Gasteiger partial charge in [0, 0.05) is 0 Å². The molecule has 46 valence electrons. The standard InChI is InChI=1S/C6H10O.Cr/c1-3-5-6-7-4-2;/h3H,1,5-6H2,2H3;. The molecule has 0 bridgehead atoms. The number of rotatable bonds is 4. The zero-order valence-electron chi connectivity index (χ0n) is 5.02. The Morgan fingerprint density at radius 3 is 2.88 bits per heavy atom. The van der Waals surface area contributed by atoms with E-state index in [0.717, 1.165) is 17.6 Å². The van der Waals surface area contributed by atoms with Gasteiger partial charge in [0.1, 0.15) is 0 Å². The van der Waals surface area contributed by atoms with Gasteiger partial charge in [-0.25, -0.2) is 0 Å².